The number of carboxylic acids is 1. The Hall–Kier alpha value is -6.79. The van der Waals surface area contributed by atoms with E-state index in [9.17, 15) is 34.2 Å². The molecule has 0 saturated heterocycles. The first kappa shape index (κ1) is 44.8. The van der Waals surface area contributed by atoms with Gasteiger partial charge < -0.3 is 43.8 Å². The highest BCUT2D eigenvalue weighted by Gasteiger charge is 2.25. The number of ether oxygens (including phenoxy) is 5. The number of methoxy groups -OCH3 is 1. The predicted molar refractivity (Wildman–Crippen MR) is 227 cm³/mol. The fourth-order valence-corrected chi connectivity index (χ4v) is 8.04. The van der Waals surface area contributed by atoms with Crippen LogP contribution in [0.4, 0.5) is 0 Å². The summed E-state index contributed by atoms with van der Waals surface area (Å²) in [6.45, 7) is 3.30. The first-order valence-electron chi connectivity index (χ1n) is 19.3. The zero-order valence-electron chi connectivity index (χ0n) is 33.9. The topological polar surface area (TPSA) is 222 Å². The number of hydrogen-bond donors (Lipinski definition) is 4. The van der Waals surface area contributed by atoms with Crippen molar-refractivity contribution in [3.8, 4) is 29.0 Å². The van der Waals surface area contributed by atoms with Crippen molar-refractivity contribution in [2.75, 3.05) is 20.3 Å². The molecule has 0 aliphatic heterocycles. The lowest BCUT2D eigenvalue weighted by Gasteiger charge is -2.25. The van der Waals surface area contributed by atoms with Gasteiger partial charge in [0.1, 0.15) is 30.5 Å². The molecule has 6 rings (SSSR count). The Kier molecular flexibility index (Phi) is 14.9. The third-order valence-electron chi connectivity index (χ3n) is 9.43. The number of hydrogen-bond acceptors (Lipinski definition) is 15. The summed E-state index contributed by atoms with van der Waals surface area (Å²) in [6.07, 6.45) is 2.59. The number of aromatic hydroxyl groups is 2. The Morgan fingerprint density at radius 1 is 0.839 bits per heavy atom. The molecule has 16 nitrogen and oxygen atoms in total. The standard InChI is InChI=1S/C44H44N2O14S2/c1-25-17-30(22-34(18-25)55-3)36(58-26(2)47)24-57-32-13-9-28(10-14-32)20-38-42(52)46(44(54)62-38)60-33-6-4-5-29(21-33)35(59-40(50)16-15-39(48)49)23-56-31-11-7-27(8-12-31)19-37-41(51)45-43(53)61-37/h4-14,18,21-22,25,35-36,51-52H,15-17,19-20,23-24H2,1-3H3,(H,45,53)(H,48,49). The number of aromatic amines is 1. The van der Waals surface area contributed by atoms with E-state index < -0.39 is 47.3 Å². The minimum atomic E-state index is -1.17. The van der Waals surface area contributed by atoms with Gasteiger partial charge in [-0.2, -0.15) is 0 Å². The number of carbonyl (C=O) groups excluding carboxylic acids is 2. The average molecular weight is 889 g/mol. The Morgan fingerprint density at radius 2 is 1.48 bits per heavy atom. The van der Waals surface area contributed by atoms with E-state index >= 15 is 0 Å². The summed E-state index contributed by atoms with van der Waals surface area (Å²) >= 11 is 1.71. The van der Waals surface area contributed by atoms with Crippen molar-refractivity contribution in [3.63, 3.8) is 0 Å². The molecule has 326 valence electrons. The summed E-state index contributed by atoms with van der Waals surface area (Å²) in [5, 5.41) is 30.1. The number of thiazole rings is 2. The van der Waals surface area contributed by atoms with Gasteiger partial charge >= 0.3 is 27.7 Å². The normalized spacial score (nSPS) is 14.5. The Bertz CT molecular complexity index is 2550. The van der Waals surface area contributed by atoms with Gasteiger partial charge in [-0.05, 0) is 83.2 Å². The molecular formula is C44H44N2O14S2. The van der Waals surface area contributed by atoms with E-state index in [4.69, 9.17) is 33.6 Å². The largest absolute Gasteiger partial charge is 0.497 e. The van der Waals surface area contributed by atoms with E-state index in [0.29, 0.717) is 45.4 Å². The minimum Gasteiger partial charge on any atom is -0.497 e. The number of nitrogens with zero attached hydrogens (tertiary/aromatic N) is 1. The third kappa shape index (κ3) is 12.4. The molecule has 1 aliphatic carbocycles. The van der Waals surface area contributed by atoms with Crippen molar-refractivity contribution in [3.05, 3.63) is 142 Å². The summed E-state index contributed by atoms with van der Waals surface area (Å²) < 4.78 is 29.4. The van der Waals surface area contributed by atoms with Crippen LogP contribution < -0.4 is 24.1 Å². The molecule has 2 aromatic heterocycles. The van der Waals surface area contributed by atoms with Crippen molar-refractivity contribution in [2.24, 2.45) is 5.92 Å². The molecule has 2 heterocycles. The van der Waals surface area contributed by atoms with Crippen LogP contribution >= 0.6 is 22.7 Å². The number of allylic oxidation sites excluding steroid dienone is 2. The summed E-state index contributed by atoms with van der Waals surface area (Å²) in [5.41, 5.74) is 2.84. The zero-order valence-corrected chi connectivity index (χ0v) is 35.5. The smallest absolute Gasteiger partial charge is 0.344 e. The highest BCUT2D eigenvalue weighted by Crippen LogP contribution is 2.30. The van der Waals surface area contributed by atoms with Crippen LogP contribution in [0.2, 0.25) is 0 Å². The van der Waals surface area contributed by atoms with E-state index in [1.54, 1.807) is 67.8 Å². The molecule has 0 saturated carbocycles. The maximum absolute atomic E-state index is 13.1. The predicted octanol–water partition coefficient (Wildman–Crippen LogP) is 6.43. The van der Waals surface area contributed by atoms with E-state index in [1.807, 2.05) is 19.1 Å². The van der Waals surface area contributed by atoms with Crippen LogP contribution in [0.15, 0.2) is 106 Å². The number of esters is 2. The van der Waals surface area contributed by atoms with Gasteiger partial charge in [0.2, 0.25) is 11.8 Å². The van der Waals surface area contributed by atoms with Gasteiger partial charge in [-0.15, -0.1) is 0 Å². The lowest BCUT2D eigenvalue weighted by molar-refractivity contribution is -0.153. The van der Waals surface area contributed by atoms with Gasteiger partial charge in [-0.25, -0.2) is 0 Å². The summed E-state index contributed by atoms with van der Waals surface area (Å²) in [5.74, 6) is -1.01. The van der Waals surface area contributed by atoms with Crippen LogP contribution in [0.5, 0.6) is 29.0 Å². The summed E-state index contributed by atoms with van der Waals surface area (Å²) in [4.78, 5) is 68.4. The first-order valence-corrected chi connectivity index (χ1v) is 21.0. The van der Waals surface area contributed by atoms with Crippen LogP contribution in [0.25, 0.3) is 0 Å². The maximum atomic E-state index is 13.1. The van der Waals surface area contributed by atoms with Gasteiger partial charge in [0.05, 0.1) is 29.7 Å². The molecule has 0 fully saturated rings. The number of H-pyrrole nitrogens is 1. The van der Waals surface area contributed by atoms with Gasteiger partial charge in [0.15, 0.2) is 18.0 Å². The van der Waals surface area contributed by atoms with Crippen LogP contribution in [-0.2, 0) is 41.4 Å². The van der Waals surface area contributed by atoms with E-state index in [-0.39, 0.29) is 48.5 Å². The van der Waals surface area contributed by atoms with Crippen LogP contribution in [0, 0.1) is 5.92 Å². The number of nitrogens with one attached hydrogen (secondary N) is 1. The molecule has 0 spiro atoms. The molecule has 18 heteroatoms. The second-order valence-electron chi connectivity index (χ2n) is 14.3. The number of carbonyl (C=O) groups is 3. The highest BCUT2D eigenvalue weighted by atomic mass is 32.1. The Morgan fingerprint density at radius 3 is 2.08 bits per heavy atom. The molecular weight excluding hydrogens is 845 g/mol. The average Bonchev–Trinajstić information content (AvgIpc) is 3.70. The van der Waals surface area contributed by atoms with Gasteiger partial charge in [0, 0.05) is 19.8 Å². The number of benzene rings is 3. The molecule has 0 bridgehead atoms. The van der Waals surface area contributed by atoms with Crippen molar-refractivity contribution >= 4 is 40.6 Å². The molecule has 0 amide bonds. The minimum absolute atomic E-state index is 0.0858. The van der Waals surface area contributed by atoms with E-state index in [0.717, 1.165) is 44.1 Å². The number of aliphatic carboxylic acids is 1. The SMILES string of the molecule is COC1=CC(C)CC(C(COc2ccc(Cc3sc(=O)n(Oc4cccc(C(COc5ccc(Cc6sc(=O)[nH]c6O)cc5)OC(=O)CCC(=O)O)c4)c3O)cc2)OC(C)=O)=C1. The van der Waals surface area contributed by atoms with Gasteiger partial charge in [-0.3, -0.25) is 29.0 Å². The molecule has 5 aromatic rings. The number of aromatic nitrogens is 2. The van der Waals surface area contributed by atoms with Gasteiger partial charge in [-0.1, -0.05) is 70.7 Å². The Balaban J connectivity index is 1.10. The van der Waals surface area contributed by atoms with Crippen molar-refractivity contribution in [2.45, 2.75) is 58.2 Å². The molecule has 0 radical (unpaired) electrons. The van der Waals surface area contributed by atoms with Crippen molar-refractivity contribution in [1.29, 1.82) is 0 Å². The van der Waals surface area contributed by atoms with Crippen LogP contribution in [0.3, 0.4) is 0 Å². The Labute approximate surface area is 362 Å². The fraction of sp³-hybridized carbons (Fsp3) is 0.295. The van der Waals surface area contributed by atoms with Gasteiger partial charge in [0.25, 0.3) is 0 Å². The van der Waals surface area contributed by atoms with Crippen LogP contribution in [0.1, 0.15) is 65.7 Å². The maximum Gasteiger partial charge on any atom is 0.344 e. The third-order valence-corrected chi connectivity index (χ3v) is 11.2. The van der Waals surface area contributed by atoms with Crippen molar-refractivity contribution < 1.29 is 58.2 Å². The fourth-order valence-electron chi connectivity index (χ4n) is 6.45. The van der Waals surface area contributed by atoms with Crippen molar-refractivity contribution in [1.82, 2.24) is 9.71 Å². The lowest BCUT2D eigenvalue weighted by atomic mass is 9.91. The van der Waals surface area contributed by atoms with Crippen LogP contribution in [-0.4, -0.2) is 69.4 Å². The number of carboxylic acid groups (broad SMARTS) is 1. The molecule has 62 heavy (non-hydrogen) atoms. The molecule has 3 unspecified atom stereocenters. The molecule has 3 aromatic carbocycles. The summed E-state index contributed by atoms with van der Waals surface area (Å²) in [7, 11) is 1.58. The second kappa shape index (κ2) is 20.7. The molecule has 3 atom stereocenters. The number of rotatable bonds is 20. The summed E-state index contributed by atoms with van der Waals surface area (Å²) in [6, 6.07) is 20.2. The molecule has 1 aliphatic rings. The second-order valence-corrected chi connectivity index (χ2v) is 16.4. The van der Waals surface area contributed by atoms with E-state index in [2.05, 4.69) is 4.98 Å². The molecule has 4 N–H and O–H groups in total. The van der Waals surface area contributed by atoms with E-state index in [1.165, 1.54) is 19.1 Å². The monoisotopic (exact) mass is 888 g/mol. The lowest BCUT2D eigenvalue weighted by Crippen LogP contribution is -2.28. The quantitative estimate of drug-likeness (QED) is 0.0619. The first-order chi connectivity index (χ1) is 29.7. The zero-order chi connectivity index (χ0) is 44.3. The highest BCUT2D eigenvalue weighted by molar-refractivity contribution is 7.09.